The van der Waals surface area contributed by atoms with E-state index in [2.05, 4.69) is 15.3 Å². The Hall–Kier alpha value is -4.21. The highest BCUT2D eigenvalue weighted by atomic mass is 19.1. The second kappa shape index (κ2) is 7.73. The highest BCUT2D eigenvalue weighted by Gasteiger charge is 2.29. The minimum Gasteiger partial charge on any atom is -0.369 e. The minimum absolute atomic E-state index is 0.0355. The fraction of sp³-hybridized carbons (Fsp3) is 0.217. The molecule has 5 rings (SSSR count). The number of hydrogen-bond acceptors (Lipinski definition) is 7. The van der Waals surface area contributed by atoms with Gasteiger partial charge in [0.15, 0.2) is 11.6 Å². The van der Waals surface area contributed by atoms with Crippen LogP contribution < -0.4 is 21.5 Å². The number of halogens is 1. The molecule has 168 valence electrons. The van der Waals surface area contributed by atoms with E-state index in [0.717, 1.165) is 0 Å². The third kappa shape index (κ3) is 3.30. The summed E-state index contributed by atoms with van der Waals surface area (Å²) in [6.07, 6.45) is 3.54. The molecule has 4 aromatic rings. The van der Waals surface area contributed by atoms with Crippen molar-refractivity contribution in [3.8, 4) is 5.69 Å². The Morgan fingerprint density at radius 1 is 1.18 bits per heavy atom. The van der Waals surface area contributed by atoms with Crippen LogP contribution in [0.1, 0.15) is 35.4 Å². The molecule has 0 radical (unpaired) electrons. The second-order valence-electron chi connectivity index (χ2n) is 7.97. The van der Waals surface area contributed by atoms with Crippen LogP contribution in [0.4, 0.5) is 22.0 Å². The molecule has 0 spiro atoms. The topological polar surface area (TPSA) is 111 Å². The van der Waals surface area contributed by atoms with Crippen molar-refractivity contribution in [3.63, 3.8) is 0 Å². The van der Waals surface area contributed by atoms with Crippen LogP contribution in [-0.2, 0) is 0 Å². The molecule has 0 saturated heterocycles. The van der Waals surface area contributed by atoms with Gasteiger partial charge in [0, 0.05) is 38.1 Å². The number of aromatic nitrogens is 4. The third-order valence-corrected chi connectivity index (χ3v) is 5.99. The Morgan fingerprint density at radius 2 is 1.94 bits per heavy atom. The van der Waals surface area contributed by atoms with Crippen LogP contribution in [0.5, 0.6) is 0 Å². The molecule has 0 unspecified atom stereocenters. The van der Waals surface area contributed by atoms with Crippen LogP contribution in [0.3, 0.4) is 0 Å². The van der Waals surface area contributed by atoms with E-state index < -0.39 is 17.4 Å². The van der Waals surface area contributed by atoms with E-state index in [4.69, 9.17) is 5.73 Å². The first-order valence-corrected chi connectivity index (χ1v) is 10.5. The first-order valence-electron chi connectivity index (χ1n) is 10.5. The van der Waals surface area contributed by atoms with Gasteiger partial charge in [-0.15, -0.1) is 0 Å². The number of nitrogens with two attached hydrogens (primary N) is 1. The number of para-hydroxylation sites is 1. The summed E-state index contributed by atoms with van der Waals surface area (Å²) in [5.41, 5.74) is 6.95. The summed E-state index contributed by atoms with van der Waals surface area (Å²) in [6.45, 7) is 2.36. The molecule has 0 amide bonds. The molecule has 3 aromatic heterocycles. The van der Waals surface area contributed by atoms with E-state index >= 15 is 0 Å². The second-order valence-corrected chi connectivity index (χ2v) is 7.97. The summed E-state index contributed by atoms with van der Waals surface area (Å²) in [7, 11) is 1.77. The third-order valence-electron chi connectivity index (χ3n) is 5.99. The lowest BCUT2D eigenvalue weighted by atomic mass is 10.0. The number of nitrogens with zero attached hydrogens (tertiary/aromatic N) is 5. The predicted octanol–water partition coefficient (Wildman–Crippen LogP) is 2.80. The average Bonchev–Trinajstić information content (AvgIpc) is 3.19. The molecule has 1 atom stereocenters. The Kier molecular flexibility index (Phi) is 4.85. The van der Waals surface area contributed by atoms with E-state index in [0.29, 0.717) is 41.5 Å². The van der Waals surface area contributed by atoms with Gasteiger partial charge in [0.25, 0.3) is 5.56 Å². The van der Waals surface area contributed by atoms with Gasteiger partial charge < -0.3 is 20.4 Å². The van der Waals surface area contributed by atoms with Crippen LogP contribution in [-0.4, -0.2) is 38.3 Å². The maximum Gasteiger partial charge on any atom is 0.282 e. The van der Waals surface area contributed by atoms with Crippen LogP contribution in [0.25, 0.3) is 11.2 Å². The minimum atomic E-state index is -0.591. The zero-order chi connectivity index (χ0) is 23.3. The van der Waals surface area contributed by atoms with Gasteiger partial charge in [-0.2, -0.15) is 9.97 Å². The van der Waals surface area contributed by atoms with Gasteiger partial charge in [-0.1, -0.05) is 18.2 Å². The molecule has 0 bridgehead atoms. The molecular formula is C23H22FN7O2. The van der Waals surface area contributed by atoms with E-state index in [-0.39, 0.29) is 17.2 Å². The first-order chi connectivity index (χ1) is 15.9. The normalized spacial score (nSPS) is 14.1. The average molecular weight is 447 g/mol. The maximum absolute atomic E-state index is 14.4. The molecule has 4 heterocycles. The molecule has 1 aliphatic rings. The fourth-order valence-electron chi connectivity index (χ4n) is 4.21. The van der Waals surface area contributed by atoms with Crippen molar-refractivity contribution in [1.29, 1.82) is 0 Å². The number of nitrogens with one attached hydrogen (secondary N) is 1. The zero-order valence-electron chi connectivity index (χ0n) is 18.1. The van der Waals surface area contributed by atoms with Crippen molar-refractivity contribution in [1.82, 2.24) is 18.9 Å². The summed E-state index contributed by atoms with van der Waals surface area (Å²) in [5.74, 6) is 0.130. The molecular weight excluding hydrogens is 425 g/mol. The Bertz CT molecular complexity index is 1440. The summed E-state index contributed by atoms with van der Waals surface area (Å²) in [4.78, 5) is 36.4. The number of rotatable bonds is 4. The smallest absolute Gasteiger partial charge is 0.282 e. The largest absolute Gasteiger partial charge is 0.369 e. The molecule has 10 heteroatoms. The lowest BCUT2D eigenvalue weighted by Crippen LogP contribution is -2.33. The first kappa shape index (κ1) is 20.7. The van der Waals surface area contributed by atoms with Gasteiger partial charge in [0.1, 0.15) is 22.7 Å². The molecule has 9 nitrogen and oxygen atoms in total. The molecule has 1 aliphatic heterocycles. The van der Waals surface area contributed by atoms with Crippen LogP contribution in [0, 0.1) is 5.82 Å². The van der Waals surface area contributed by atoms with Crippen molar-refractivity contribution < 1.29 is 9.18 Å². The summed E-state index contributed by atoms with van der Waals surface area (Å²) < 4.78 is 17.4. The van der Waals surface area contributed by atoms with Crippen molar-refractivity contribution in [2.24, 2.45) is 0 Å². The van der Waals surface area contributed by atoms with Gasteiger partial charge >= 0.3 is 0 Å². The van der Waals surface area contributed by atoms with Crippen LogP contribution in [0.2, 0.25) is 0 Å². The zero-order valence-corrected chi connectivity index (χ0v) is 18.1. The summed E-state index contributed by atoms with van der Waals surface area (Å²) in [5, 5.41) is 3.10. The van der Waals surface area contributed by atoms with Crippen LogP contribution in [0.15, 0.2) is 53.6 Å². The van der Waals surface area contributed by atoms with E-state index in [1.165, 1.54) is 21.2 Å². The number of hydrogen-bond donors (Lipinski definition) is 2. The van der Waals surface area contributed by atoms with E-state index in [9.17, 15) is 14.0 Å². The number of carbonyl (C=O) groups excluding carboxylic acids is 1. The standard InChI is InChI=1S/C23H22FN7O2/c1-13(29(2)21-18-17(32)8-10-26-20(18)27-23(25)28-21)16-12-30-11-9-15(24)19(30)22(33)31(16)14-6-4-3-5-7-14/h3-7,9,11-13H,8,10H2,1-2H3,(H3,25,26,27,28)/t13-/m1/s1. The SMILES string of the molecule is C[C@H](c1cn2ccc(F)c2c(=O)n1-c1ccccc1)N(C)c1nc(N)nc2c1C(=O)CCN2. The number of carbonyl (C=O) groups is 1. The number of anilines is 3. The van der Waals surface area contributed by atoms with Gasteiger partial charge in [-0.25, -0.2) is 4.39 Å². The lowest BCUT2D eigenvalue weighted by Gasteiger charge is -2.31. The Balaban J connectivity index is 1.72. The van der Waals surface area contributed by atoms with Gasteiger partial charge in [0.05, 0.1) is 11.7 Å². The number of nitrogen functional groups attached to an aromatic ring is 1. The number of fused-ring (bicyclic) bond motifs is 2. The fourth-order valence-corrected chi connectivity index (χ4v) is 4.21. The van der Waals surface area contributed by atoms with Crippen molar-refractivity contribution >= 4 is 28.9 Å². The highest BCUT2D eigenvalue weighted by Crippen LogP contribution is 2.33. The van der Waals surface area contributed by atoms with E-state index in [1.54, 1.807) is 30.3 Å². The lowest BCUT2D eigenvalue weighted by molar-refractivity contribution is 0.0983. The molecule has 0 aliphatic carbocycles. The Labute approximate surface area is 188 Å². The van der Waals surface area contributed by atoms with Crippen LogP contribution >= 0.6 is 0 Å². The van der Waals surface area contributed by atoms with Crippen molar-refractivity contribution in [2.45, 2.75) is 19.4 Å². The predicted molar refractivity (Wildman–Crippen MR) is 124 cm³/mol. The molecule has 33 heavy (non-hydrogen) atoms. The highest BCUT2D eigenvalue weighted by molar-refractivity contribution is 6.06. The number of benzene rings is 1. The quantitative estimate of drug-likeness (QED) is 0.495. The van der Waals surface area contributed by atoms with Crippen molar-refractivity contribution in [3.05, 3.63) is 76.2 Å². The van der Waals surface area contributed by atoms with E-state index in [1.807, 2.05) is 25.1 Å². The summed E-state index contributed by atoms with van der Waals surface area (Å²) >= 11 is 0. The summed E-state index contributed by atoms with van der Waals surface area (Å²) in [6, 6.07) is 9.85. The number of Topliss-reactive ketones (excluding diaryl/α,β-unsaturated/α-hetero) is 1. The number of ketones is 1. The van der Waals surface area contributed by atoms with Gasteiger partial charge in [-0.05, 0) is 25.1 Å². The van der Waals surface area contributed by atoms with Gasteiger partial charge in [-0.3, -0.25) is 14.2 Å². The maximum atomic E-state index is 14.4. The van der Waals surface area contributed by atoms with Gasteiger partial charge in [0.2, 0.25) is 5.95 Å². The van der Waals surface area contributed by atoms with Crippen molar-refractivity contribution in [2.75, 3.05) is 29.5 Å². The molecule has 1 aromatic carbocycles. The molecule has 0 saturated carbocycles. The monoisotopic (exact) mass is 447 g/mol. The molecule has 3 N–H and O–H groups in total. The molecule has 0 fully saturated rings. The Morgan fingerprint density at radius 3 is 2.70 bits per heavy atom.